The molecule has 0 aromatic heterocycles. The summed E-state index contributed by atoms with van der Waals surface area (Å²) in [6, 6.07) is 13.8. The Morgan fingerprint density at radius 3 is 2.17 bits per heavy atom. The van der Waals surface area contributed by atoms with E-state index < -0.39 is 10.0 Å². The molecule has 0 amide bonds. The summed E-state index contributed by atoms with van der Waals surface area (Å²) < 4.78 is 26.7. The number of rotatable bonds is 3. The Bertz CT molecular complexity index is 789. The fraction of sp³-hybridized carbons (Fsp3) is 0.250. The second-order valence-corrected chi connectivity index (χ2v) is 8.08. The van der Waals surface area contributed by atoms with Crippen LogP contribution in [0.2, 0.25) is 10.0 Å². The van der Waals surface area contributed by atoms with E-state index in [1.165, 1.54) is 4.31 Å². The molecule has 7 heteroatoms. The van der Waals surface area contributed by atoms with Gasteiger partial charge in [0.2, 0.25) is 10.0 Å². The molecule has 0 unspecified atom stereocenters. The van der Waals surface area contributed by atoms with Gasteiger partial charge in [0, 0.05) is 31.2 Å². The Kier molecular flexibility index (Phi) is 4.82. The van der Waals surface area contributed by atoms with Crippen LogP contribution in [0, 0.1) is 0 Å². The second-order valence-electron chi connectivity index (χ2n) is 5.30. The molecule has 1 aliphatic heterocycles. The van der Waals surface area contributed by atoms with Gasteiger partial charge < -0.3 is 4.90 Å². The highest BCUT2D eigenvalue weighted by molar-refractivity contribution is 7.89. The average molecular weight is 371 g/mol. The maximum Gasteiger partial charge on any atom is 0.243 e. The summed E-state index contributed by atoms with van der Waals surface area (Å²) in [5.41, 5.74) is 0.843. The molecule has 1 fully saturated rings. The summed E-state index contributed by atoms with van der Waals surface area (Å²) in [5.74, 6) is 0. The molecular weight excluding hydrogens is 355 g/mol. The van der Waals surface area contributed by atoms with Gasteiger partial charge >= 0.3 is 0 Å². The minimum absolute atomic E-state index is 0.328. The maximum absolute atomic E-state index is 12.6. The highest BCUT2D eigenvalue weighted by atomic mass is 35.5. The van der Waals surface area contributed by atoms with Crippen molar-refractivity contribution < 1.29 is 8.42 Å². The molecule has 2 aromatic carbocycles. The van der Waals surface area contributed by atoms with E-state index in [9.17, 15) is 8.42 Å². The number of benzene rings is 2. The van der Waals surface area contributed by atoms with Crippen LogP contribution >= 0.6 is 23.2 Å². The first kappa shape index (κ1) is 16.6. The standard InChI is InChI=1S/C16H16Cl2N2O2S/c17-13-6-7-15(18)16(12-13)19-8-10-20(11-9-19)23(21,22)14-4-2-1-3-5-14/h1-7,12H,8-11H2. The van der Waals surface area contributed by atoms with Gasteiger partial charge in [0.05, 0.1) is 15.6 Å². The Balaban J connectivity index is 1.75. The molecule has 0 aliphatic carbocycles. The van der Waals surface area contributed by atoms with Gasteiger partial charge in [-0.15, -0.1) is 0 Å². The number of hydrogen-bond acceptors (Lipinski definition) is 3. The molecule has 1 saturated heterocycles. The van der Waals surface area contributed by atoms with E-state index in [-0.39, 0.29) is 0 Å². The predicted octanol–water partition coefficient (Wildman–Crippen LogP) is 3.50. The average Bonchev–Trinajstić information content (AvgIpc) is 2.58. The summed E-state index contributed by atoms with van der Waals surface area (Å²) >= 11 is 12.2. The van der Waals surface area contributed by atoms with Crippen LogP contribution in [0.3, 0.4) is 0 Å². The van der Waals surface area contributed by atoms with Gasteiger partial charge in [-0.25, -0.2) is 8.42 Å². The third-order valence-electron chi connectivity index (χ3n) is 3.87. The van der Waals surface area contributed by atoms with Crippen LogP contribution in [0.25, 0.3) is 0 Å². The molecule has 0 N–H and O–H groups in total. The molecule has 0 atom stereocenters. The summed E-state index contributed by atoms with van der Waals surface area (Å²) in [6.45, 7) is 1.98. The van der Waals surface area contributed by atoms with E-state index in [2.05, 4.69) is 4.90 Å². The monoisotopic (exact) mass is 370 g/mol. The number of hydrogen-bond donors (Lipinski definition) is 0. The zero-order valence-electron chi connectivity index (χ0n) is 12.3. The first-order valence-corrected chi connectivity index (χ1v) is 9.43. The molecule has 1 heterocycles. The van der Waals surface area contributed by atoms with E-state index in [4.69, 9.17) is 23.2 Å². The van der Waals surface area contributed by atoms with Crippen LogP contribution in [-0.2, 0) is 10.0 Å². The molecule has 0 bridgehead atoms. The molecule has 122 valence electrons. The van der Waals surface area contributed by atoms with Crippen molar-refractivity contribution in [2.75, 3.05) is 31.1 Å². The van der Waals surface area contributed by atoms with Crippen LogP contribution < -0.4 is 4.90 Å². The van der Waals surface area contributed by atoms with Gasteiger partial charge in [-0.3, -0.25) is 0 Å². The van der Waals surface area contributed by atoms with Gasteiger partial charge in [-0.05, 0) is 30.3 Å². The van der Waals surface area contributed by atoms with Crippen molar-refractivity contribution in [3.05, 3.63) is 58.6 Å². The molecule has 23 heavy (non-hydrogen) atoms. The third-order valence-corrected chi connectivity index (χ3v) is 6.34. The summed E-state index contributed by atoms with van der Waals surface area (Å²) in [4.78, 5) is 2.39. The van der Waals surface area contributed by atoms with Crippen molar-refractivity contribution in [3.8, 4) is 0 Å². The summed E-state index contributed by atoms with van der Waals surface area (Å²) in [7, 11) is -3.44. The van der Waals surface area contributed by atoms with E-state index in [1.807, 2.05) is 6.07 Å². The first-order chi connectivity index (χ1) is 11.0. The zero-order valence-corrected chi connectivity index (χ0v) is 14.7. The fourth-order valence-electron chi connectivity index (χ4n) is 2.64. The van der Waals surface area contributed by atoms with Crippen molar-refractivity contribution in [3.63, 3.8) is 0 Å². The topological polar surface area (TPSA) is 40.6 Å². The SMILES string of the molecule is O=S(=O)(c1ccccc1)N1CCN(c2cc(Cl)ccc2Cl)CC1. The highest BCUT2D eigenvalue weighted by Crippen LogP contribution is 2.30. The van der Waals surface area contributed by atoms with Crippen molar-refractivity contribution in [1.29, 1.82) is 0 Å². The fourth-order valence-corrected chi connectivity index (χ4v) is 4.49. The van der Waals surface area contributed by atoms with Crippen LogP contribution in [0.1, 0.15) is 0 Å². The lowest BCUT2D eigenvalue weighted by Crippen LogP contribution is -2.48. The largest absolute Gasteiger partial charge is 0.368 e. The van der Waals surface area contributed by atoms with E-state index >= 15 is 0 Å². The smallest absolute Gasteiger partial charge is 0.243 e. The van der Waals surface area contributed by atoms with E-state index in [0.29, 0.717) is 41.1 Å². The highest BCUT2D eigenvalue weighted by Gasteiger charge is 2.28. The van der Waals surface area contributed by atoms with Gasteiger partial charge in [0.1, 0.15) is 0 Å². The van der Waals surface area contributed by atoms with Gasteiger partial charge in [-0.2, -0.15) is 4.31 Å². The minimum Gasteiger partial charge on any atom is -0.368 e. The number of nitrogens with zero attached hydrogens (tertiary/aromatic N) is 2. The van der Waals surface area contributed by atoms with Crippen LogP contribution in [0.15, 0.2) is 53.4 Å². The maximum atomic E-state index is 12.6. The van der Waals surface area contributed by atoms with Gasteiger partial charge in [0.15, 0.2) is 0 Å². The lowest BCUT2D eigenvalue weighted by atomic mass is 10.2. The van der Waals surface area contributed by atoms with E-state index in [1.54, 1.807) is 42.5 Å². The predicted molar refractivity (Wildman–Crippen MR) is 93.9 cm³/mol. The number of halogens is 2. The lowest BCUT2D eigenvalue weighted by Gasteiger charge is -2.35. The molecule has 0 radical (unpaired) electrons. The van der Waals surface area contributed by atoms with Crippen LogP contribution in [0.5, 0.6) is 0 Å². The second kappa shape index (κ2) is 6.69. The van der Waals surface area contributed by atoms with Crippen LogP contribution in [-0.4, -0.2) is 38.9 Å². The zero-order chi connectivity index (χ0) is 16.4. The first-order valence-electron chi connectivity index (χ1n) is 7.24. The number of sulfonamides is 1. The molecule has 3 rings (SSSR count). The van der Waals surface area contributed by atoms with Crippen molar-refractivity contribution >= 4 is 38.9 Å². The van der Waals surface area contributed by atoms with Crippen molar-refractivity contribution in [2.24, 2.45) is 0 Å². The normalized spacial score (nSPS) is 16.5. The molecule has 1 aliphatic rings. The molecule has 4 nitrogen and oxygen atoms in total. The Labute approximate surface area is 146 Å². The molecule has 2 aromatic rings. The Morgan fingerprint density at radius 1 is 0.870 bits per heavy atom. The quantitative estimate of drug-likeness (QED) is 0.829. The molecule has 0 spiro atoms. The summed E-state index contributed by atoms with van der Waals surface area (Å²) in [5, 5.41) is 1.23. The lowest BCUT2D eigenvalue weighted by molar-refractivity contribution is 0.385. The number of piperazine rings is 1. The third kappa shape index (κ3) is 3.48. The number of anilines is 1. The van der Waals surface area contributed by atoms with Crippen LogP contribution in [0.4, 0.5) is 5.69 Å². The Morgan fingerprint density at radius 2 is 1.52 bits per heavy atom. The Hall–Kier alpha value is -1.27. The molecular formula is C16H16Cl2N2O2S. The minimum atomic E-state index is -3.44. The van der Waals surface area contributed by atoms with Crippen molar-refractivity contribution in [2.45, 2.75) is 4.90 Å². The molecule has 0 saturated carbocycles. The van der Waals surface area contributed by atoms with Gasteiger partial charge in [-0.1, -0.05) is 41.4 Å². The summed E-state index contributed by atoms with van der Waals surface area (Å²) in [6.07, 6.45) is 0. The van der Waals surface area contributed by atoms with E-state index in [0.717, 1.165) is 5.69 Å². The van der Waals surface area contributed by atoms with Crippen molar-refractivity contribution in [1.82, 2.24) is 4.31 Å². The van der Waals surface area contributed by atoms with Gasteiger partial charge in [0.25, 0.3) is 0 Å².